The third kappa shape index (κ3) is 3.26. The molecule has 0 amide bonds. The molecule has 1 rings (SSSR count). The molecule has 0 saturated carbocycles. The monoisotopic (exact) mass is 220 g/mol. The second kappa shape index (κ2) is 5.85. The van der Waals surface area contributed by atoms with Crippen LogP contribution in [0.25, 0.3) is 0 Å². The molecule has 1 N–H and O–H groups in total. The van der Waals surface area contributed by atoms with Crippen molar-refractivity contribution in [2.75, 3.05) is 7.11 Å². The number of rotatable bonds is 2. The van der Waals surface area contributed by atoms with E-state index in [0.29, 0.717) is 22.5 Å². The molecule has 0 aliphatic carbocycles. The normalized spacial score (nSPS) is 8.77. The maximum absolute atomic E-state index is 10.9. The summed E-state index contributed by atoms with van der Waals surface area (Å²) >= 11 is 0.645. The van der Waals surface area contributed by atoms with Gasteiger partial charge in [0.15, 0.2) is 0 Å². The summed E-state index contributed by atoms with van der Waals surface area (Å²) in [5.74, 6) is -0.371. The van der Waals surface area contributed by atoms with E-state index in [-0.39, 0.29) is 18.4 Å². The minimum absolute atomic E-state index is 0. The van der Waals surface area contributed by atoms with Crippen LogP contribution in [0.3, 0.4) is 0 Å². The zero-order valence-corrected chi connectivity index (χ0v) is 8.52. The quantitative estimate of drug-likeness (QED) is 0.615. The first-order valence-corrected chi connectivity index (χ1v) is 4.05. The van der Waals surface area contributed by atoms with E-state index in [1.807, 2.05) is 0 Å². The molecule has 0 spiro atoms. The number of halogens is 1. The highest BCUT2D eigenvalue weighted by atomic mass is 35.5. The summed E-state index contributed by atoms with van der Waals surface area (Å²) in [7, 11) is 1.33. The van der Waals surface area contributed by atoms with Crippen LogP contribution in [0.5, 0.6) is 0 Å². The third-order valence-corrected chi connectivity index (χ3v) is 1.86. The summed E-state index contributed by atoms with van der Waals surface area (Å²) in [5, 5.41) is 0. The lowest BCUT2D eigenvalue weighted by molar-refractivity contribution is 0.0600. The smallest absolute Gasteiger partial charge is 0.337 e. The van der Waals surface area contributed by atoms with Gasteiger partial charge in [-0.15, -0.1) is 12.4 Å². The molecule has 0 unspecified atom stereocenters. The minimum atomic E-state index is -0.371. The molecule has 0 aliphatic rings. The fourth-order valence-electron chi connectivity index (χ4n) is 0.770. The molecule has 72 valence electrons. The number of carbonyl (C=O) groups excluding carboxylic acids is 1. The second-order valence-corrected chi connectivity index (χ2v) is 2.76. The standard InChI is InChI=1S/C8H8O3S.ClH/c1-11-8(9)6-2-4-7(12-10)5-3-6;/h2-5,10H,1H3;1H. The number of benzene rings is 1. The van der Waals surface area contributed by atoms with Crippen molar-refractivity contribution in [1.29, 1.82) is 0 Å². The van der Waals surface area contributed by atoms with E-state index in [9.17, 15) is 4.79 Å². The summed E-state index contributed by atoms with van der Waals surface area (Å²) in [6, 6.07) is 6.50. The van der Waals surface area contributed by atoms with Gasteiger partial charge in [-0.05, 0) is 24.3 Å². The summed E-state index contributed by atoms with van der Waals surface area (Å²) in [5.41, 5.74) is 0.482. The average Bonchev–Trinajstić information content (AvgIpc) is 2.17. The van der Waals surface area contributed by atoms with Crippen molar-refractivity contribution in [3.8, 4) is 0 Å². The lowest BCUT2D eigenvalue weighted by atomic mass is 10.2. The minimum Gasteiger partial charge on any atom is -0.465 e. The second-order valence-electron chi connectivity index (χ2n) is 2.11. The Kier molecular flexibility index (Phi) is 5.53. The molecule has 1 aromatic carbocycles. The van der Waals surface area contributed by atoms with E-state index in [0.717, 1.165) is 0 Å². The van der Waals surface area contributed by atoms with Crippen molar-refractivity contribution >= 4 is 30.4 Å². The highest BCUT2D eigenvalue weighted by molar-refractivity contribution is 7.93. The molecular weight excluding hydrogens is 212 g/mol. The molecule has 0 saturated heterocycles. The highest BCUT2D eigenvalue weighted by Gasteiger charge is 2.03. The van der Waals surface area contributed by atoms with Gasteiger partial charge in [0, 0.05) is 16.9 Å². The Morgan fingerprint density at radius 3 is 2.31 bits per heavy atom. The Labute approximate surface area is 86.7 Å². The largest absolute Gasteiger partial charge is 0.465 e. The first-order chi connectivity index (χ1) is 5.77. The van der Waals surface area contributed by atoms with Crippen LogP contribution in [0.4, 0.5) is 0 Å². The predicted octanol–water partition coefficient (Wildman–Crippen LogP) is 2.46. The summed E-state index contributed by atoms with van der Waals surface area (Å²) in [4.78, 5) is 11.6. The van der Waals surface area contributed by atoms with Crippen LogP contribution in [0, 0.1) is 0 Å². The van der Waals surface area contributed by atoms with Crippen molar-refractivity contribution in [2.45, 2.75) is 4.90 Å². The summed E-state index contributed by atoms with van der Waals surface area (Å²) in [6.45, 7) is 0. The van der Waals surface area contributed by atoms with E-state index >= 15 is 0 Å². The molecular formula is C8H9ClO3S. The van der Waals surface area contributed by atoms with Crippen molar-refractivity contribution in [2.24, 2.45) is 0 Å². The van der Waals surface area contributed by atoms with E-state index < -0.39 is 0 Å². The Bertz CT molecular complexity index is 273. The molecule has 3 nitrogen and oxygen atoms in total. The summed E-state index contributed by atoms with van der Waals surface area (Å²) < 4.78 is 13.1. The Morgan fingerprint density at radius 2 is 1.92 bits per heavy atom. The van der Waals surface area contributed by atoms with Crippen LogP contribution < -0.4 is 0 Å². The maximum atomic E-state index is 10.9. The fourth-order valence-corrected chi connectivity index (χ4v) is 1.03. The zero-order chi connectivity index (χ0) is 8.97. The molecule has 1 aromatic rings. The SMILES string of the molecule is COC(=O)c1ccc(SO)cc1.Cl. The van der Waals surface area contributed by atoms with Gasteiger partial charge in [-0.1, -0.05) is 0 Å². The van der Waals surface area contributed by atoms with Crippen LogP contribution in [0.15, 0.2) is 29.2 Å². The lowest BCUT2D eigenvalue weighted by Crippen LogP contribution is -1.99. The molecule has 0 atom stereocenters. The van der Waals surface area contributed by atoms with E-state index in [4.69, 9.17) is 4.55 Å². The van der Waals surface area contributed by atoms with Gasteiger partial charge in [-0.3, -0.25) is 0 Å². The number of esters is 1. The number of carbonyl (C=O) groups is 1. The zero-order valence-electron chi connectivity index (χ0n) is 6.89. The predicted molar refractivity (Wildman–Crippen MR) is 53.5 cm³/mol. The van der Waals surface area contributed by atoms with Gasteiger partial charge in [-0.2, -0.15) is 0 Å². The number of methoxy groups -OCH3 is 1. The number of hydrogen-bond acceptors (Lipinski definition) is 4. The topological polar surface area (TPSA) is 46.5 Å². The third-order valence-electron chi connectivity index (χ3n) is 1.38. The fraction of sp³-hybridized carbons (Fsp3) is 0.125. The number of ether oxygens (including phenoxy) is 1. The number of hydrogen-bond donors (Lipinski definition) is 1. The van der Waals surface area contributed by atoms with Gasteiger partial charge < -0.3 is 9.29 Å². The van der Waals surface area contributed by atoms with Crippen LogP contribution >= 0.6 is 24.4 Å². The molecule has 13 heavy (non-hydrogen) atoms. The van der Waals surface area contributed by atoms with Gasteiger partial charge in [0.1, 0.15) is 0 Å². The first-order valence-electron chi connectivity index (χ1n) is 3.27. The van der Waals surface area contributed by atoms with Crippen LogP contribution in [-0.2, 0) is 4.74 Å². The van der Waals surface area contributed by atoms with Gasteiger partial charge in [0.25, 0.3) is 0 Å². The molecule has 0 bridgehead atoms. The Hall–Kier alpha value is -0.710. The first kappa shape index (κ1) is 12.3. The van der Waals surface area contributed by atoms with Gasteiger partial charge in [-0.25, -0.2) is 4.79 Å². The molecule has 0 heterocycles. The van der Waals surface area contributed by atoms with Crippen LogP contribution in [0.2, 0.25) is 0 Å². The molecule has 0 aliphatic heterocycles. The van der Waals surface area contributed by atoms with Gasteiger partial charge in [0.2, 0.25) is 0 Å². The van der Waals surface area contributed by atoms with Crippen molar-refractivity contribution in [3.63, 3.8) is 0 Å². The van der Waals surface area contributed by atoms with E-state index in [2.05, 4.69) is 4.74 Å². The Morgan fingerprint density at radius 1 is 1.38 bits per heavy atom. The molecule has 0 radical (unpaired) electrons. The van der Waals surface area contributed by atoms with Crippen molar-refractivity contribution < 1.29 is 14.1 Å². The van der Waals surface area contributed by atoms with E-state index in [1.54, 1.807) is 24.3 Å². The molecule has 0 aromatic heterocycles. The van der Waals surface area contributed by atoms with Gasteiger partial charge in [0.05, 0.1) is 12.7 Å². The van der Waals surface area contributed by atoms with Crippen LogP contribution in [0.1, 0.15) is 10.4 Å². The molecule has 5 heteroatoms. The van der Waals surface area contributed by atoms with Gasteiger partial charge >= 0.3 is 5.97 Å². The van der Waals surface area contributed by atoms with Crippen molar-refractivity contribution in [3.05, 3.63) is 29.8 Å². The molecule has 0 fully saturated rings. The van der Waals surface area contributed by atoms with Crippen LogP contribution in [-0.4, -0.2) is 17.6 Å². The average molecular weight is 221 g/mol. The highest BCUT2D eigenvalue weighted by Crippen LogP contribution is 2.14. The maximum Gasteiger partial charge on any atom is 0.337 e. The summed E-state index contributed by atoms with van der Waals surface area (Å²) in [6.07, 6.45) is 0. The Balaban J connectivity index is 0.00000144. The lowest BCUT2D eigenvalue weighted by Gasteiger charge is -1.98. The van der Waals surface area contributed by atoms with E-state index in [1.165, 1.54) is 7.11 Å². The van der Waals surface area contributed by atoms with Crippen molar-refractivity contribution in [1.82, 2.24) is 0 Å².